The number of amides is 2. The minimum Gasteiger partial charge on any atom is -0.335 e. The van der Waals surface area contributed by atoms with Gasteiger partial charge in [-0.15, -0.1) is 0 Å². The predicted octanol–water partition coefficient (Wildman–Crippen LogP) is 0.415. The van der Waals surface area contributed by atoms with Gasteiger partial charge < -0.3 is 10.6 Å². The summed E-state index contributed by atoms with van der Waals surface area (Å²) in [5.74, 6) is 0.284. The van der Waals surface area contributed by atoms with Gasteiger partial charge >= 0.3 is 6.03 Å². The number of carbonyl (C=O) groups excluding carboxylic acids is 1. The highest BCUT2D eigenvalue weighted by molar-refractivity contribution is 7.91. The Morgan fingerprint density at radius 2 is 1.62 bits per heavy atom. The van der Waals surface area contributed by atoms with Crippen LogP contribution in [0.3, 0.4) is 0 Å². The zero-order chi connectivity index (χ0) is 11.6. The van der Waals surface area contributed by atoms with E-state index in [9.17, 15) is 13.2 Å². The van der Waals surface area contributed by atoms with Crippen LogP contribution in [0.15, 0.2) is 0 Å². The average molecular weight is 246 g/mol. The summed E-state index contributed by atoms with van der Waals surface area (Å²) in [6.07, 6.45) is 4.96. The maximum atomic E-state index is 11.5. The number of hydrogen-bond acceptors (Lipinski definition) is 3. The highest BCUT2D eigenvalue weighted by atomic mass is 32.2. The Morgan fingerprint density at radius 3 is 2.19 bits per heavy atom. The van der Waals surface area contributed by atoms with E-state index in [0.717, 1.165) is 12.8 Å². The Labute approximate surface area is 95.9 Å². The normalized spacial score (nSPS) is 29.1. The second-order valence-corrected chi connectivity index (χ2v) is 6.93. The second kappa shape index (κ2) is 4.61. The highest BCUT2D eigenvalue weighted by Crippen LogP contribution is 2.17. The third-order valence-corrected chi connectivity index (χ3v) is 5.03. The van der Waals surface area contributed by atoms with Crippen molar-refractivity contribution in [2.75, 3.05) is 11.5 Å². The molecule has 2 amide bonds. The van der Waals surface area contributed by atoms with Crippen molar-refractivity contribution in [3.63, 3.8) is 0 Å². The zero-order valence-electron chi connectivity index (χ0n) is 9.24. The van der Waals surface area contributed by atoms with Crippen LogP contribution >= 0.6 is 0 Å². The summed E-state index contributed by atoms with van der Waals surface area (Å²) in [5.41, 5.74) is 0. The van der Waals surface area contributed by atoms with Gasteiger partial charge in [-0.2, -0.15) is 0 Å². The van der Waals surface area contributed by atoms with E-state index in [1.54, 1.807) is 0 Å². The summed E-state index contributed by atoms with van der Waals surface area (Å²) in [6.45, 7) is 0. The molecule has 2 rings (SSSR count). The molecule has 0 aromatic heterocycles. The quantitative estimate of drug-likeness (QED) is 0.741. The zero-order valence-corrected chi connectivity index (χ0v) is 10.1. The van der Waals surface area contributed by atoms with E-state index in [1.165, 1.54) is 12.8 Å². The molecule has 0 aromatic carbocycles. The molecule has 5 nitrogen and oxygen atoms in total. The van der Waals surface area contributed by atoms with Crippen LogP contribution in [-0.4, -0.2) is 38.0 Å². The van der Waals surface area contributed by atoms with Crippen LogP contribution in [0.25, 0.3) is 0 Å². The SMILES string of the molecule is O=C(NC1CCCC1)NC1CCS(=O)(=O)C1. The standard InChI is InChI=1S/C10H18N2O3S/c13-10(11-8-3-1-2-4-8)12-9-5-6-16(14,15)7-9/h8-9H,1-7H2,(H2,11,12,13). The molecule has 0 aromatic rings. The predicted molar refractivity (Wildman–Crippen MR) is 61.0 cm³/mol. The lowest BCUT2D eigenvalue weighted by Crippen LogP contribution is -2.45. The van der Waals surface area contributed by atoms with E-state index in [1.807, 2.05) is 0 Å². The first-order valence-electron chi connectivity index (χ1n) is 5.83. The Balaban J connectivity index is 1.75. The number of rotatable bonds is 2. The molecule has 1 atom stereocenters. The molecule has 0 radical (unpaired) electrons. The number of sulfone groups is 1. The van der Waals surface area contributed by atoms with Crippen LogP contribution in [0.4, 0.5) is 4.79 Å². The van der Waals surface area contributed by atoms with Crippen molar-refractivity contribution in [3.05, 3.63) is 0 Å². The molecule has 2 N–H and O–H groups in total. The van der Waals surface area contributed by atoms with Crippen molar-refractivity contribution >= 4 is 15.9 Å². The lowest BCUT2D eigenvalue weighted by atomic mass is 10.2. The monoisotopic (exact) mass is 246 g/mol. The van der Waals surface area contributed by atoms with E-state index >= 15 is 0 Å². The van der Waals surface area contributed by atoms with E-state index in [4.69, 9.17) is 0 Å². The van der Waals surface area contributed by atoms with Crippen LogP contribution in [0.2, 0.25) is 0 Å². The number of hydrogen-bond donors (Lipinski definition) is 2. The van der Waals surface area contributed by atoms with Gasteiger partial charge in [0.15, 0.2) is 9.84 Å². The minimum absolute atomic E-state index is 0.0884. The molecule has 6 heteroatoms. The molecule has 2 fully saturated rings. The lowest BCUT2D eigenvalue weighted by molar-refractivity contribution is 0.234. The van der Waals surface area contributed by atoms with Crippen LogP contribution in [0.1, 0.15) is 32.1 Å². The fraction of sp³-hybridized carbons (Fsp3) is 0.900. The topological polar surface area (TPSA) is 75.3 Å². The lowest BCUT2D eigenvalue weighted by Gasteiger charge is -2.15. The van der Waals surface area contributed by atoms with E-state index in [-0.39, 0.29) is 29.6 Å². The largest absolute Gasteiger partial charge is 0.335 e. The van der Waals surface area contributed by atoms with Crippen LogP contribution in [-0.2, 0) is 9.84 Å². The van der Waals surface area contributed by atoms with Crippen LogP contribution < -0.4 is 10.6 Å². The summed E-state index contributed by atoms with van der Waals surface area (Å²) in [6, 6.07) is -0.140. The van der Waals surface area contributed by atoms with Crippen molar-refractivity contribution in [1.29, 1.82) is 0 Å². The van der Waals surface area contributed by atoms with Gasteiger partial charge in [0.05, 0.1) is 11.5 Å². The Morgan fingerprint density at radius 1 is 1.00 bits per heavy atom. The molecule has 1 saturated heterocycles. The first-order valence-corrected chi connectivity index (χ1v) is 7.65. The molecule has 1 heterocycles. The maximum absolute atomic E-state index is 11.5. The summed E-state index contributed by atoms with van der Waals surface area (Å²) in [5, 5.41) is 5.62. The first kappa shape index (κ1) is 11.7. The van der Waals surface area contributed by atoms with Gasteiger partial charge in [0.25, 0.3) is 0 Å². The molecule has 0 spiro atoms. The molecule has 1 saturated carbocycles. The van der Waals surface area contributed by atoms with Gasteiger partial charge in [-0.25, -0.2) is 13.2 Å². The van der Waals surface area contributed by atoms with Crippen molar-refractivity contribution in [2.45, 2.75) is 44.2 Å². The van der Waals surface area contributed by atoms with Crippen molar-refractivity contribution in [3.8, 4) is 0 Å². The summed E-state index contributed by atoms with van der Waals surface area (Å²) < 4.78 is 22.4. The second-order valence-electron chi connectivity index (χ2n) is 4.70. The van der Waals surface area contributed by atoms with Crippen molar-refractivity contribution in [2.24, 2.45) is 0 Å². The van der Waals surface area contributed by atoms with Gasteiger partial charge in [0, 0.05) is 12.1 Å². The summed E-state index contributed by atoms with van der Waals surface area (Å²) >= 11 is 0. The molecular weight excluding hydrogens is 228 g/mol. The molecule has 1 unspecified atom stereocenters. The first-order chi connectivity index (χ1) is 7.55. The van der Waals surface area contributed by atoms with Gasteiger partial charge in [0.1, 0.15) is 0 Å². The Kier molecular flexibility index (Phi) is 3.37. The highest BCUT2D eigenvalue weighted by Gasteiger charge is 2.29. The van der Waals surface area contributed by atoms with Crippen molar-refractivity contribution in [1.82, 2.24) is 10.6 Å². The molecule has 2 aliphatic rings. The van der Waals surface area contributed by atoms with Gasteiger partial charge in [-0.1, -0.05) is 12.8 Å². The number of carbonyl (C=O) groups is 1. The summed E-state index contributed by atoms with van der Waals surface area (Å²) in [7, 11) is -2.91. The average Bonchev–Trinajstić information content (AvgIpc) is 2.76. The van der Waals surface area contributed by atoms with Gasteiger partial charge in [-0.05, 0) is 19.3 Å². The molecular formula is C10H18N2O3S. The molecule has 92 valence electrons. The number of urea groups is 1. The van der Waals surface area contributed by atoms with Crippen LogP contribution in [0.5, 0.6) is 0 Å². The Hall–Kier alpha value is -0.780. The summed E-state index contributed by atoms with van der Waals surface area (Å²) in [4.78, 5) is 11.5. The van der Waals surface area contributed by atoms with Crippen LogP contribution in [0, 0.1) is 0 Å². The van der Waals surface area contributed by atoms with Crippen molar-refractivity contribution < 1.29 is 13.2 Å². The molecule has 0 bridgehead atoms. The third-order valence-electron chi connectivity index (χ3n) is 3.26. The van der Waals surface area contributed by atoms with E-state index in [0.29, 0.717) is 6.42 Å². The molecule has 1 aliphatic carbocycles. The smallest absolute Gasteiger partial charge is 0.315 e. The molecule has 1 aliphatic heterocycles. The fourth-order valence-corrected chi connectivity index (χ4v) is 4.06. The molecule has 16 heavy (non-hydrogen) atoms. The maximum Gasteiger partial charge on any atom is 0.315 e. The van der Waals surface area contributed by atoms with E-state index in [2.05, 4.69) is 10.6 Å². The minimum atomic E-state index is -2.91. The number of nitrogens with one attached hydrogen (secondary N) is 2. The van der Waals surface area contributed by atoms with Gasteiger partial charge in [0.2, 0.25) is 0 Å². The van der Waals surface area contributed by atoms with E-state index < -0.39 is 9.84 Å². The fourth-order valence-electron chi connectivity index (χ4n) is 2.39. The van der Waals surface area contributed by atoms with Gasteiger partial charge in [-0.3, -0.25) is 0 Å². The third kappa shape index (κ3) is 3.10. The Bertz CT molecular complexity index is 360.